The highest BCUT2D eigenvalue weighted by Gasteiger charge is 2.29. The molecule has 4 N–H and O–H groups in total. The molecule has 1 aliphatic heterocycles. The molecule has 0 unspecified atom stereocenters. The maximum atomic E-state index is 12.4. The molecule has 0 radical (unpaired) electrons. The number of amides is 1. The molecule has 20 heavy (non-hydrogen) atoms. The summed E-state index contributed by atoms with van der Waals surface area (Å²) >= 11 is 3.23. The van der Waals surface area contributed by atoms with Gasteiger partial charge in [-0.25, -0.2) is 13.1 Å². The fraction of sp³-hybridized carbons (Fsp3) is 0.417. The lowest BCUT2D eigenvalue weighted by molar-refractivity contribution is -0.115. The average molecular weight is 362 g/mol. The number of hydrogen-bond acceptors (Lipinski definition) is 4. The molecule has 0 bridgehead atoms. The summed E-state index contributed by atoms with van der Waals surface area (Å²) in [6.45, 7) is 3.59. The van der Waals surface area contributed by atoms with Crippen LogP contribution in [0, 0.1) is 0 Å². The third-order valence-electron chi connectivity index (χ3n) is 2.99. The second-order valence-corrected chi connectivity index (χ2v) is 7.86. The fourth-order valence-electron chi connectivity index (χ4n) is 1.89. The molecule has 0 aliphatic carbocycles. The van der Waals surface area contributed by atoms with Crippen LogP contribution in [0.5, 0.6) is 0 Å². The van der Waals surface area contributed by atoms with E-state index in [1.807, 2.05) is 0 Å². The third kappa shape index (κ3) is 3.03. The summed E-state index contributed by atoms with van der Waals surface area (Å²) in [5.41, 5.74) is 6.11. The molecule has 0 saturated carbocycles. The zero-order chi connectivity index (χ0) is 15.1. The van der Waals surface area contributed by atoms with Crippen LogP contribution in [0.1, 0.15) is 19.4 Å². The molecule has 2 rings (SSSR count). The van der Waals surface area contributed by atoms with Crippen LogP contribution in [-0.4, -0.2) is 26.4 Å². The van der Waals surface area contributed by atoms with Gasteiger partial charge in [-0.15, -0.1) is 0 Å². The first-order valence-corrected chi connectivity index (χ1v) is 8.28. The van der Waals surface area contributed by atoms with Gasteiger partial charge in [-0.3, -0.25) is 4.79 Å². The maximum Gasteiger partial charge on any atom is 0.242 e. The second-order valence-electron chi connectivity index (χ2n) is 5.36. The molecule has 1 aliphatic rings. The number of sulfonamides is 1. The highest BCUT2D eigenvalue weighted by Crippen LogP contribution is 2.32. The number of benzene rings is 1. The van der Waals surface area contributed by atoms with E-state index in [1.54, 1.807) is 19.9 Å². The van der Waals surface area contributed by atoms with E-state index in [4.69, 9.17) is 5.73 Å². The molecule has 0 saturated heterocycles. The molecule has 0 atom stereocenters. The third-order valence-corrected chi connectivity index (χ3v) is 5.65. The quantitative estimate of drug-likeness (QED) is 0.743. The van der Waals surface area contributed by atoms with Crippen molar-refractivity contribution < 1.29 is 13.2 Å². The summed E-state index contributed by atoms with van der Waals surface area (Å²) in [7, 11) is -3.72. The lowest BCUT2D eigenvalue weighted by Crippen LogP contribution is -2.48. The van der Waals surface area contributed by atoms with Crippen LogP contribution in [0.15, 0.2) is 21.5 Å². The number of fused-ring (bicyclic) bond motifs is 1. The molecule has 0 aromatic heterocycles. The van der Waals surface area contributed by atoms with E-state index in [0.717, 1.165) is 0 Å². The number of nitrogens with one attached hydrogen (secondary N) is 2. The van der Waals surface area contributed by atoms with Gasteiger partial charge in [0.1, 0.15) is 0 Å². The Morgan fingerprint density at radius 1 is 1.45 bits per heavy atom. The van der Waals surface area contributed by atoms with Crippen molar-refractivity contribution >= 4 is 37.5 Å². The molecule has 1 amide bonds. The predicted octanol–water partition coefficient (Wildman–Crippen LogP) is 0.959. The van der Waals surface area contributed by atoms with Gasteiger partial charge in [0.05, 0.1) is 11.3 Å². The van der Waals surface area contributed by atoms with Crippen molar-refractivity contribution in [3.63, 3.8) is 0 Å². The van der Waals surface area contributed by atoms with E-state index in [-0.39, 0.29) is 23.8 Å². The van der Waals surface area contributed by atoms with Crippen molar-refractivity contribution in [2.75, 3.05) is 11.9 Å². The summed E-state index contributed by atoms with van der Waals surface area (Å²) in [6, 6.07) is 3.11. The molecule has 0 spiro atoms. The van der Waals surface area contributed by atoms with Gasteiger partial charge < -0.3 is 11.1 Å². The lowest BCUT2D eigenvalue weighted by Gasteiger charge is -2.24. The van der Waals surface area contributed by atoms with Crippen LogP contribution in [0.2, 0.25) is 0 Å². The highest BCUT2D eigenvalue weighted by molar-refractivity contribution is 9.10. The number of anilines is 1. The minimum atomic E-state index is -3.72. The summed E-state index contributed by atoms with van der Waals surface area (Å²) in [5.74, 6) is -0.142. The maximum absolute atomic E-state index is 12.4. The Hall–Kier alpha value is -0.960. The van der Waals surface area contributed by atoms with E-state index >= 15 is 0 Å². The standard InChI is InChI=1S/C12H16BrN3O3S/c1-12(2,6-14)16-20(18,19)10-3-7-4-11(17)15-9(7)5-8(10)13/h3,5,16H,4,6,14H2,1-2H3,(H,15,17). The van der Waals surface area contributed by atoms with Gasteiger partial charge in [-0.05, 0) is 47.5 Å². The first kappa shape index (κ1) is 15.4. The molecule has 6 nitrogen and oxygen atoms in total. The number of hydrogen-bond donors (Lipinski definition) is 3. The molecule has 1 aromatic rings. The van der Waals surface area contributed by atoms with E-state index < -0.39 is 15.6 Å². The number of carbonyl (C=O) groups excluding carboxylic acids is 1. The summed E-state index contributed by atoms with van der Waals surface area (Å²) in [5, 5.41) is 2.67. The molecule has 8 heteroatoms. The van der Waals surface area contributed by atoms with Gasteiger partial charge in [0.15, 0.2) is 0 Å². The van der Waals surface area contributed by atoms with Crippen molar-refractivity contribution in [1.29, 1.82) is 0 Å². The molecule has 1 aromatic carbocycles. The van der Waals surface area contributed by atoms with Crippen molar-refractivity contribution in [3.8, 4) is 0 Å². The Kier molecular flexibility index (Phi) is 3.94. The van der Waals surface area contributed by atoms with Crippen LogP contribution in [-0.2, 0) is 21.2 Å². The minimum absolute atomic E-state index is 0.106. The van der Waals surface area contributed by atoms with E-state index in [2.05, 4.69) is 26.0 Å². The van der Waals surface area contributed by atoms with E-state index in [0.29, 0.717) is 15.7 Å². The SMILES string of the molecule is CC(C)(CN)NS(=O)(=O)c1cc2c(cc1Br)NC(=O)C2. The van der Waals surface area contributed by atoms with Crippen LogP contribution in [0.25, 0.3) is 0 Å². The van der Waals surface area contributed by atoms with Gasteiger partial charge in [0.2, 0.25) is 15.9 Å². The Morgan fingerprint density at radius 2 is 2.10 bits per heavy atom. The van der Waals surface area contributed by atoms with Gasteiger partial charge >= 0.3 is 0 Å². The molecule has 1 heterocycles. The molecule has 110 valence electrons. The highest BCUT2D eigenvalue weighted by atomic mass is 79.9. The zero-order valence-corrected chi connectivity index (χ0v) is 13.6. The van der Waals surface area contributed by atoms with Gasteiger partial charge in [0.25, 0.3) is 0 Å². The van der Waals surface area contributed by atoms with Crippen molar-refractivity contribution in [3.05, 3.63) is 22.2 Å². The first-order chi connectivity index (χ1) is 9.14. The molecular weight excluding hydrogens is 346 g/mol. The Bertz CT molecular complexity index is 671. The minimum Gasteiger partial charge on any atom is -0.329 e. The number of carbonyl (C=O) groups is 1. The molecular formula is C12H16BrN3O3S. The zero-order valence-electron chi connectivity index (χ0n) is 11.2. The van der Waals surface area contributed by atoms with Crippen molar-refractivity contribution in [2.45, 2.75) is 30.7 Å². The van der Waals surface area contributed by atoms with E-state index in [1.165, 1.54) is 6.07 Å². The lowest BCUT2D eigenvalue weighted by atomic mass is 10.1. The second kappa shape index (κ2) is 5.10. The first-order valence-electron chi connectivity index (χ1n) is 6.01. The van der Waals surface area contributed by atoms with Crippen molar-refractivity contribution in [1.82, 2.24) is 4.72 Å². The Morgan fingerprint density at radius 3 is 2.70 bits per heavy atom. The van der Waals surface area contributed by atoms with E-state index in [9.17, 15) is 13.2 Å². The monoisotopic (exact) mass is 361 g/mol. The topological polar surface area (TPSA) is 101 Å². The van der Waals surface area contributed by atoms with Crippen molar-refractivity contribution in [2.24, 2.45) is 5.73 Å². The fourth-order valence-corrected chi connectivity index (χ4v) is 4.41. The number of rotatable bonds is 4. The number of nitrogens with two attached hydrogens (primary N) is 1. The number of halogens is 1. The summed E-state index contributed by atoms with van der Waals surface area (Å²) < 4.78 is 27.8. The average Bonchev–Trinajstić information content (AvgIpc) is 2.65. The van der Waals surface area contributed by atoms with Gasteiger partial charge in [-0.1, -0.05) is 0 Å². The van der Waals surface area contributed by atoms with Gasteiger partial charge in [0, 0.05) is 22.2 Å². The Balaban J connectivity index is 2.44. The van der Waals surface area contributed by atoms with Crippen LogP contribution < -0.4 is 15.8 Å². The van der Waals surface area contributed by atoms with Gasteiger partial charge in [-0.2, -0.15) is 0 Å². The normalized spacial score (nSPS) is 15.1. The predicted molar refractivity (Wildman–Crippen MR) is 79.9 cm³/mol. The molecule has 0 fully saturated rings. The Labute approximate surface area is 126 Å². The smallest absolute Gasteiger partial charge is 0.242 e. The van der Waals surface area contributed by atoms with Crippen LogP contribution in [0.3, 0.4) is 0 Å². The van der Waals surface area contributed by atoms with Crippen LogP contribution in [0.4, 0.5) is 5.69 Å². The summed E-state index contributed by atoms with van der Waals surface area (Å²) in [4.78, 5) is 11.4. The van der Waals surface area contributed by atoms with Crippen LogP contribution >= 0.6 is 15.9 Å². The summed E-state index contributed by atoms with van der Waals surface area (Å²) in [6.07, 6.45) is 0.186. The largest absolute Gasteiger partial charge is 0.329 e.